The molecule has 0 atom stereocenters. The Labute approximate surface area is 90.2 Å². The lowest BCUT2D eigenvalue weighted by molar-refractivity contribution is -0.157. The van der Waals surface area contributed by atoms with Gasteiger partial charge in [0, 0.05) is 12.2 Å². The minimum atomic E-state index is -1.09. The van der Waals surface area contributed by atoms with E-state index in [4.69, 9.17) is 11.5 Å². The first-order valence-electron chi connectivity index (χ1n) is 4.07. The van der Waals surface area contributed by atoms with Crippen LogP contribution in [0.2, 0.25) is 0 Å². The molecule has 0 aliphatic heterocycles. The van der Waals surface area contributed by atoms with Crippen molar-refractivity contribution in [2.75, 3.05) is 13.1 Å². The molecular formula is C8H10N2O6. The van der Waals surface area contributed by atoms with E-state index in [0.717, 1.165) is 0 Å². The first-order valence-corrected chi connectivity index (χ1v) is 4.07. The highest BCUT2D eigenvalue weighted by atomic mass is 16.6. The number of nitrogens with two attached hydrogens (primary N) is 2. The quantitative estimate of drug-likeness (QED) is 0.309. The van der Waals surface area contributed by atoms with Crippen molar-refractivity contribution in [2.24, 2.45) is 11.5 Å². The van der Waals surface area contributed by atoms with Gasteiger partial charge in [-0.3, -0.25) is 9.59 Å². The van der Waals surface area contributed by atoms with Gasteiger partial charge in [-0.15, -0.1) is 0 Å². The van der Waals surface area contributed by atoms with Gasteiger partial charge in [0.1, 0.15) is 0 Å². The smallest absolute Gasteiger partial charge is 0.338 e. The first-order chi connectivity index (χ1) is 7.49. The zero-order chi connectivity index (χ0) is 12.6. The van der Waals surface area contributed by atoms with Crippen LogP contribution in [0.4, 0.5) is 0 Å². The lowest BCUT2D eigenvalue weighted by Gasteiger charge is -1.96. The van der Waals surface area contributed by atoms with Crippen LogP contribution in [0.1, 0.15) is 0 Å². The summed E-state index contributed by atoms with van der Waals surface area (Å²) in [5, 5.41) is 0. The topological polar surface area (TPSA) is 139 Å². The van der Waals surface area contributed by atoms with E-state index < -0.39 is 37.0 Å². The summed E-state index contributed by atoms with van der Waals surface area (Å²) < 4.78 is 8.15. The summed E-state index contributed by atoms with van der Waals surface area (Å²) in [5.41, 5.74) is 9.72. The van der Waals surface area contributed by atoms with Gasteiger partial charge in [0.05, 0.1) is 13.1 Å². The zero-order valence-corrected chi connectivity index (χ0v) is 8.17. The molecule has 8 heteroatoms. The zero-order valence-electron chi connectivity index (χ0n) is 8.17. The van der Waals surface area contributed by atoms with E-state index >= 15 is 0 Å². The van der Waals surface area contributed by atoms with Crippen molar-refractivity contribution in [1.29, 1.82) is 0 Å². The monoisotopic (exact) mass is 230 g/mol. The van der Waals surface area contributed by atoms with E-state index in [-0.39, 0.29) is 0 Å². The van der Waals surface area contributed by atoms with Gasteiger partial charge in [-0.05, 0) is 0 Å². The van der Waals surface area contributed by atoms with E-state index in [1.54, 1.807) is 0 Å². The second-order valence-electron chi connectivity index (χ2n) is 2.33. The maximum atomic E-state index is 10.8. The maximum Gasteiger partial charge on any atom is 0.338 e. The van der Waals surface area contributed by atoms with Crippen LogP contribution in [0.15, 0.2) is 12.2 Å². The second kappa shape index (κ2) is 7.26. The SMILES string of the molecule is NCC(=O)OC(=O)/C=C/C(=O)OC(=O)CN. The Hall–Kier alpha value is -2.06. The third-order valence-corrected chi connectivity index (χ3v) is 1.12. The van der Waals surface area contributed by atoms with Crippen LogP contribution in [0, 0.1) is 0 Å². The van der Waals surface area contributed by atoms with Crippen molar-refractivity contribution in [1.82, 2.24) is 0 Å². The number of carbonyl (C=O) groups is 4. The van der Waals surface area contributed by atoms with Crippen molar-refractivity contribution in [2.45, 2.75) is 0 Å². The summed E-state index contributed by atoms with van der Waals surface area (Å²) in [7, 11) is 0. The number of rotatable bonds is 4. The van der Waals surface area contributed by atoms with Crippen LogP contribution in [0.5, 0.6) is 0 Å². The Morgan fingerprint density at radius 3 is 1.38 bits per heavy atom. The van der Waals surface area contributed by atoms with Crippen molar-refractivity contribution >= 4 is 23.9 Å². The Morgan fingerprint density at radius 2 is 1.12 bits per heavy atom. The molecule has 0 rings (SSSR count). The minimum absolute atomic E-state index is 0.463. The van der Waals surface area contributed by atoms with Crippen LogP contribution in [-0.2, 0) is 28.7 Å². The van der Waals surface area contributed by atoms with Gasteiger partial charge in [-0.25, -0.2) is 9.59 Å². The summed E-state index contributed by atoms with van der Waals surface area (Å²) in [6.07, 6.45) is 1.25. The Morgan fingerprint density at radius 1 is 0.812 bits per heavy atom. The van der Waals surface area contributed by atoms with Crippen molar-refractivity contribution in [3.8, 4) is 0 Å². The molecule has 0 spiro atoms. The highest BCUT2D eigenvalue weighted by molar-refractivity contribution is 5.99. The molecule has 0 aromatic heterocycles. The van der Waals surface area contributed by atoms with E-state index in [2.05, 4.69) is 9.47 Å². The predicted molar refractivity (Wildman–Crippen MR) is 49.4 cm³/mol. The average molecular weight is 230 g/mol. The largest absolute Gasteiger partial charge is 0.389 e. The van der Waals surface area contributed by atoms with Gasteiger partial charge < -0.3 is 20.9 Å². The number of esters is 4. The molecule has 16 heavy (non-hydrogen) atoms. The maximum absolute atomic E-state index is 10.8. The number of ether oxygens (including phenoxy) is 2. The van der Waals surface area contributed by atoms with Crippen molar-refractivity contribution < 1.29 is 28.7 Å². The predicted octanol–water partition coefficient (Wildman–Crippen LogP) is -2.40. The molecule has 0 aromatic rings. The summed E-state index contributed by atoms with van der Waals surface area (Å²) in [4.78, 5) is 42.5. The molecule has 0 fully saturated rings. The number of hydrogen-bond acceptors (Lipinski definition) is 8. The van der Waals surface area contributed by atoms with Gasteiger partial charge >= 0.3 is 23.9 Å². The average Bonchev–Trinajstić information content (AvgIpc) is 2.26. The molecule has 0 heterocycles. The lowest BCUT2D eigenvalue weighted by atomic mass is 10.5. The number of carbonyl (C=O) groups excluding carboxylic acids is 4. The first kappa shape index (κ1) is 13.9. The summed E-state index contributed by atoms with van der Waals surface area (Å²) >= 11 is 0. The Balaban J connectivity index is 4.08. The molecule has 8 nitrogen and oxygen atoms in total. The minimum Gasteiger partial charge on any atom is -0.389 e. The van der Waals surface area contributed by atoms with E-state index in [1.165, 1.54) is 0 Å². The molecule has 0 aromatic carbocycles. The Bertz CT molecular complexity index is 303. The van der Waals surface area contributed by atoms with E-state index in [9.17, 15) is 19.2 Å². The Kier molecular flexibility index (Phi) is 6.33. The molecule has 0 saturated heterocycles. The van der Waals surface area contributed by atoms with Crippen LogP contribution in [-0.4, -0.2) is 37.0 Å². The van der Waals surface area contributed by atoms with Crippen LogP contribution in [0.25, 0.3) is 0 Å². The fourth-order valence-electron chi connectivity index (χ4n) is 0.512. The normalized spacial score (nSPS) is 9.88. The summed E-state index contributed by atoms with van der Waals surface area (Å²) in [5.74, 6) is -4.07. The third kappa shape index (κ3) is 6.40. The highest BCUT2D eigenvalue weighted by Gasteiger charge is 2.08. The van der Waals surface area contributed by atoms with Crippen molar-refractivity contribution in [3.05, 3.63) is 12.2 Å². The van der Waals surface area contributed by atoms with Gasteiger partial charge in [-0.1, -0.05) is 0 Å². The fourth-order valence-corrected chi connectivity index (χ4v) is 0.512. The van der Waals surface area contributed by atoms with E-state index in [0.29, 0.717) is 12.2 Å². The highest BCUT2D eigenvalue weighted by Crippen LogP contribution is 1.86. The molecule has 0 unspecified atom stereocenters. The van der Waals surface area contributed by atoms with Gasteiger partial charge in [0.25, 0.3) is 0 Å². The standard InChI is InChI=1S/C8H10N2O6/c9-3-7(13)15-5(11)1-2-6(12)16-8(14)4-10/h1-2H,3-4,9-10H2/b2-1+. The summed E-state index contributed by atoms with van der Waals surface area (Å²) in [6.45, 7) is -0.925. The molecule has 0 amide bonds. The molecule has 4 N–H and O–H groups in total. The molecule has 0 saturated carbocycles. The van der Waals surface area contributed by atoms with Crippen LogP contribution < -0.4 is 11.5 Å². The molecule has 0 aliphatic carbocycles. The number of hydrogen-bond donors (Lipinski definition) is 2. The second-order valence-corrected chi connectivity index (χ2v) is 2.33. The van der Waals surface area contributed by atoms with E-state index in [1.807, 2.05) is 0 Å². The summed E-state index contributed by atoms with van der Waals surface area (Å²) in [6, 6.07) is 0. The molecule has 0 aliphatic rings. The molecule has 0 radical (unpaired) electrons. The fraction of sp³-hybridized carbons (Fsp3) is 0.250. The molecular weight excluding hydrogens is 220 g/mol. The third-order valence-electron chi connectivity index (χ3n) is 1.12. The lowest BCUT2D eigenvalue weighted by Crippen LogP contribution is -2.21. The van der Waals surface area contributed by atoms with Crippen LogP contribution >= 0.6 is 0 Å². The van der Waals surface area contributed by atoms with Crippen LogP contribution in [0.3, 0.4) is 0 Å². The van der Waals surface area contributed by atoms with Crippen molar-refractivity contribution in [3.63, 3.8) is 0 Å². The van der Waals surface area contributed by atoms with Gasteiger partial charge in [-0.2, -0.15) is 0 Å². The van der Waals surface area contributed by atoms with Gasteiger partial charge in [0.15, 0.2) is 0 Å². The molecule has 0 bridgehead atoms. The van der Waals surface area contributed by atoms with Gasteiger partial charge in [0.2, 0.25) is 0 Å². The molecule has 88 valence electrons.